The number of aliphatic carboxylic acids is 1. The molecule has 0 rings (SSSR count). The van der Waals surface area contributed by atoms with Crippen molar-refractivity contribution < 1.29 is 42.9 Å². The summed E-state index contributed by atoms with van der Waals surface area (Å²) < 4.78 is 23.0. The average Bonchev–Trinajstić information content (AvgIpc) is 3.76. The lowest BCUT2D eigenvalue weighted by Crippen LogP contribution is -2.40. The molecule has 0 aromatic rings. The summed E-state index contributed by atoms with van der Waals surface area (Å²) in [5.74, 6) is -2.04. The SMILES string of the molecule is CC/C=C\C/C=C\C/C=C\C/C=C\C/C=C\C/C=C\C/C=C\C/C=C\C/C=C\CCCCCC(=O)OC(COC(=O)CCCCCCCCCCCCCCCCCCCCCCCCCCCCCCCCCCCCCCCC)COC(OCC[N+](C)(C)C)C(=O)O. The van der Waals surface area contributed by atoms with Gasteiger partial charge in [0.25, 0.3) is 6.29 Å². The zero-order chi connectivity index (χ0) is 68.2. The lowest BCUT2D eigenvalue weighted by Gasteiger charge is -2.25. The van der Waals surface area contributed by atoms with E-state index in [0.717, 1.165) is 96.3 Å². The van der Waals surface area contributed by atoms with Crippen LogP contribution in [-0.4, -0.2) is 87.4 Å². The van der Waals surface area contributed by atoms with Gasteiger partial charge in [0.05, 0.1) is 34.4 Å². The minimum Gasteiger partial charge on any atom is -0.477 e. The van der Waals surface area contributed by atoms with Gasteiger partial charge in [-0.15, -0.1) is 0 Å². The highest BCUT2D eigenvalue weighted by Gasteiger charge is 2.25. The second-order valence-corrected chi connectivity index (χ2v) is 27.7. The third-order valence-electron chi connectivity index (χ3n) is 17.3. The molecular formula is C85H150NO8+. The third kappa shape index (κ3) is 75.3. The van der Waals surface area contributed by atoms with Crippen molar-refractivity contribution in [2.24, 2.45) is 0 Å². The van der Waals surface area contributed by atoms with E-state index >= 15 is 0 Å². The molecule has 94 heavy (non-hydrogen) atoms. The number of rotatable bonds is 73. The number of likely N-dealkylation sites (N-methyl/N-ethyl adjacent to an activating group) is 1. The lowest BCUT2D eigenvalue weighted by atomic mass is 10.0. The van der Waals surface area contributed by atoms with Gasteiger partial charge in [0.15, 0.2) is 6.10 Å². The van der Waals surface area contributed by atoms with Crippen LogP contribution >= 0.6 is 0 Å². The van der Waals surface area contributed by atoms with Crippen LogP contribution in [0.3, 0.4) is 0 Å². The molecule has 0 fully saturated rings. The maximum atomic E-state index is 13.0. The molecule has 0 saturated heterocycles. The summed E-state index contributed by atoms with van der Waals surface area (Å²) in [4.78, 5) is 37.7. The Morgan fingerprint density at radius 3 is 0.904 bits per heavy atom. The van der Waals surface area contributed by atoms with Gasteiger partial charge in [0.1, 0.15) is 13.2 Å². The van der Waals surface area contributed by atoms with Crippen molar-refractivity contribution in [2.75, 3.05) is 47.5 Å². The summed E-state index contributed by atoms with van der Waals surface area (Å²) in [7, 11) is 5.97. The van der Waals surface area contributed by atoms with Crippen LogP contribution in [0, 0.1) is 0 Å². The number of allylic oxidation sites excluding steroid dienone is 18. The van der Waals surface area contributed by atoms with Crippen molar-refractivity contribution in [3.63, 3.8) is 0 Å². The van der Waals surface area contributed by atoms with Crippen LogP contribution in [-0.2, 0) is 33.3 Å². The van der Waals surface area contributed by atoms with Gasteiger partial charge < -0.3 is 28.5 Å². The Kier molecular flexibility index (Phi) is 71.5. The molecule has 0 amide bonds. The van der Waals surface area contributed by atoms with Crippen LogP contribution in [0.25, 0.3) is 0 Å². The minimum atomic E-state index is -1.53. The summed E-state index contributed by atoms with van der Waals surface area (Å²) in [5, 5.41) is 9.76. The molecule has 0 radical (unpaired) electrons. The molecule has 0 heterocycles. The van der Waals surface area contributed by atoms with Gasteiger partial charge in [-0.2, -0.15) is 0 Å². The molecule has 2 atom stereocenters. The van der Waals surface area contributed by atoms with Gasteiger partial charge in [0, 0.05) is 12.8 Å². The number of esters is 2. The number of carbonyl (C=O) groups is 3. The van der Waals surface area contributed by atoms with E-state index in [1.807, 2.05) is 21.1 Å². The fourth-order valence-electron chi connectivity index (χ4n) is 11.3. The average molecular weight is 1310 g/mol. The van der Waals surface area contributed by atoms with Crippen molar-refractivity contribution in [3.05, 3.63) is 109 Å². The van der Waals surface area contributed by atoms with E-state index in [1.165, 1.54) is 225 Å². The molecule has 0 aliphatic carbocycles. The van der Waals surface area contributed by atoms with Gasteiger partial charge in [-0.25, -0.2) is 4.79 Å². The minimum absolute atomic E-state index is 0.177. The summed E-state index contributed by atoms with van der Waals surface area (Å²) in [5.41, 5.74) is 0. The number of unbranched alkanes of at least 4 members (excludes halogenated alkanes) is 40. The van der Waals surface area contributed by atoms with E-state index in [9.17, 15) is 19.5 Å². The molecule has 0 saturated carbocycles. The first-order chi connectivity index (χ1) is 46.1. The van der Waals surface area contributed by atoms with Gasteiger partial charge in [-0.1, -0.05) is 367 Å². The standard InChI is InChI=1S/C85H149NO8/c1-6-8-10-12-14-16-18-20-22-24-26-28-30-32-34-36-38-39-40-41-42-43-44-46-47-49-51-53-55-57-59-61-63-65-67-69-71-73-75-82(87)92-79-81(80-93-85(84(89)90)91-78-77-86(3,4)5)94-83(88)76-74-72-70-68-66-64-62-60-58-56-54-52-50-48-45-37-35-33-31-29-27-25-23-21-19-17-15-13-11-9-7-2/h9,11,15,17,21,23,27,29,33,35,45,48,52,54,58,60,64,66,81,85H,6-8,10,12-14,16,18-20,22,24-26,28,30-32,34,36-44,46-47,49-51,53,55-57,59,61-63,65,67-80H2,1-5H3/p+1/b11-9-,17-15-,23-21-,29-27-,35-33-,48-45-,54-52-,60-58-,66-64-. The van der Waals surface area contributed by atoms with Crippen LogP contribution in [0.15, 0.2) is 109 Å². The van der Waals surface area contributed by atoms with E-state index < -0.39 is 24.3 Å². The van der Waals surface area contributed by atoms with E-state index in [0.29, 0.717) is 23.9 Å². The van der Waals surface area contributed by atoms with Gasteiger partial charge >= 0.3 is 17.9 Å². The monoisotopic (exact) mass is 1310 g/mol. The van der Waals surface area contributed by atoms with Gasteiger partial charge in [-0.05, 0) is 83.5 Å². The number of carbonyl (C=O) groups excluding carboxylic acids is 2. The summed E-state index contributed by atoms with van der Waals surface area (Å²) in [6.07, 6.45) is 103. The molecule has 0 aliphatic rings. The molecule has 9 heteroatoms. The molecule has 9 nitrogen and oxygen atoms in total. The predicted molar refractivity (Wildman–Crippen MR) is 405 cm³/mol. The fourth-order valence-corrected chi connectivity index (χ4v) is 11.3. The quantitative estimate of drug-likeness (QED) is 0.0211. The predicted octanol–water partition coefficient (Wildman–Crippen LogP) is 25.3. The first-order valence-electron chi connectivity index (χ1n) is 39.6. The zero-order valence-corrected chi connectivity index (χ0v) is 62.1. The number of hydrogen-bond donors (Lipinski definition) is 1. The van der Waals surface area contributed by atoms with E-state index in [2.05, 4.69) is 123 Å². The summed E-state index contributed by atoms with van der Waals surface area (Å²) in [6, 6.07) is 0. The maximum Gasteiger partial charge on any atom is 0.361 e. The molecule has 0 spiro atoms. The highest BCUT2D eigenvalue weighted by molar-refractivity contribution is 5.71. The van der Waals surface area contributed by atoms with Crippen LogP contribution < -0.4 is 0 Å². The van der Waals surface area contributed by atoms with Crippen LogP contribution in [0.2, 0.25) is 0 Å². The van der Waals surface area contributed by atoms with Crippen LogP contribution in [0.4, 0.5) is 0 Å². The zero-order valence-electron chi connectivity index (χ0n) is 62.1. The van der Waals surface area contributed by atoms with E-state index in [-0.39, 0.29) is 32.2 Å². The van der Waals surface area contributed by atoms with Crippen molar-refractivity contribution in [2.45, 2.75) is 367 Å². The maximum absolute atomic E-state index is 13.0. The summed E-state index contributed by atoms with van der Waals surface area (Å²) in [6.45, 7) is 4.76. The van der Waals surface area contributed by atoms with Gasteiger partial charge in [0.2, 0.25) is 0 Å². The highest BCUT2D eigenvalue weighted by atomic mass is 16.7. The Labute approximate surface area is 581 Å². The second kappa shape index (κ2) is 74.7. The second-order valence-electron chi connectivity index (χ2n) is 27.7. The fraction of sp³-hybridized carbons (Fsp3) is 0.753. The normalized spacial score (nSPS) is 13.2. The molecule has 0 bridgehead atoms. The Morgan fingerprint density at radius 1 is 0.330 bits per heavy atom. The van der Waals surface area contributed by atoms with E-state index in [1.54, 1.807) is 0 Å². The first kappa shape index (κ1) is 90.0. The lowest BCUT2D eigenvalue weighted by molar-refractivity contribution is -0.870. The molecule has 2 unspecified atom stereocenters. The number of carboxylic acid groups (broad SMARTS) is 1. The van der Waals surface area contributed by atoms with Crippen molar-refractivity contribution in [1.29, 1.82) is 0 Å². The number of ether oxygens (including phenoxy) is 4. The molecule has 1 N–H and O–H groups in total. The molecule has 542 valence electrons. The molecule has 0 aliphatic heterocycles. The number of carboxylic acids is 1. The first-order valence-corrected chi connectivity index (χ1v) is 39.6. The summed E-state index contributed by atoms with van der Waals surface area (Å²) >= 11 is 0. The Morgan fingerprint density at radius 2 is 0.606 bits per heavy atom. The highest BCUT2D eigenvalue weighted by Crippen LogP contribution is 2.19. The van der Waals surface area contributed by atoms with Crippen LogP contribution in [0.5, 0.6) is 0 Å². The largest absolute Gasteiger partial charge is 0.477 e. The van der Waals surface area contributed by atoms with E-state index in [4.69, 9.17) is 18.9 Å². The third-order valence-corrected chi connectivity index (χ3v) is 17.3. The Bertz CT molecular complexity index is 1920. The molecular weight excluding hydrogens is 1160 g/mol. The Balaban J connectivity index is 4.07. The van der Waals surface area contributed by atoms with Crippen LogP contribution in [0.1, 0.15) is 354 Å². The smallest absolute Gasteiger partial charge is 0.361 e. The number of quaternary nitrogens is 1. The topological polar surface area (TPSA) is 108 Å². The molecule has 0 aromatic heterocycles. The number of nitrogens with zero attached hydrogens (tertiary/aromatic N) is 1. The van der Waals surface area contributed by atoms with Crippen molar-refractivity contribution >= 4 is 17.9 Å². The number of hydrogen-bond acceptors (Lipinski definition) is 7. The van der Waals surface area contributed by atoms with Gasteiger partial charge in [-0.3, -0.25) is 9.59 Å². The Hall–Kier alpha value is -4.05. The van der Waals surface area contributed by atoms with Crippen molar-refractivity contribution in [3.8, 4) is 0 Å². The van der Waals surface area contributed by atoms with Crippen molar-refractivity contribution in [1.82, 2.24) is 0 Å². The molecule has 0 aromatic carbocycles.